The molecule has 2 aromatic heterocycles. The van der Waals surface area contributed by atoms with Crippen molar-refractivity contribution in [2.45, 2.75) is 46.0 Å². The maximum Gasteiger partial charge on any atom is 0.185 e. The van der Waals surface area contributed by atoms with Gasteiger partial charge in [0, 0.05) is 23.6 Å². The maximum atomic E-state index is 12.2. The minimum atomic E-state index is -0.0638. The molecule has 1 N–H and O–H groups in total. The molecule has 6 heteroatoms. The molecule has 23 heavy (non-hydrogen) atoms. The van der Waals surface area contributed by atoms with E-state index in [9.17, 15) is 4.79 Å². The van der Waals surface area contributed by atoms with Gasteiger partial charge in [0.1, 0.15) is 5.82 Å². The molecule has 2 heterocycles. The van der Waals surface area contributed by atoms with E-state index in [4.69, 9.17) is 11.6 Å². The molecule has 0 saturated heterocycles. The molecule has 0 aliphatic heterocycles. The van der Waals surface area contributed by atoms with Gasteiger partial charge in [0.15, 0.2) is 16.6 Å². The fourth-order valence-corrected chi connectivity index (χ4v) is 2.22. The highest BCUT2D eigenvalue weighted by Gasteiger charge is 2.17. The van der Waals surface area contributed by atoms with Crippen molar-refractivity contribution in [3.05, 3.63) is 40.8 Å². The van der Waals surface area contributed by atoms with E-state index in [1.54, 1.807) is 6.07 Å². The van der Waals surface area contributed by atoms with Crippen LogP contribution in [0.15, 0.2) is 24.3 Å². The van der Waals surface area contributed by atoms with Crippen LogP contribution in [0.4, 0.5) is 11.5 Å². The van der Waals surface area contributed by atoms with E-state index in [0.29, 0.717) is 23.6 Å². The molecule has 0 aliphatic carbocycles. The molecule has 0 saturated carbocycles. The Morgan fingerprint density at radius 3 is 2.65 bits per heavy atom. The van der Waals surface area contributed by atoms with Crippen molar-refractivity contribution < 1.29 is 4.79 Å². The van der Waals surface area contributed by atoms with Gasteiger partial charge >= 0.3 is 0 Å². The fourth-order valence-electron chi connectivity index (χ4n) is 2.07. The largest absolute Gasteiger partial charge is 0.338 e. The van der Waals surface area contributed by atoms with Crippen LogP contribution < -0.4 is 5.32 Å². The Bertz CT molecular complexity index is 710. The van der Waals surface area contributed by atoms with Crippen LogP contribution in [-0.4, -0.2) is 21.0 Å². The normalized spacial score (nSPS) is 11.3. The lowest BCUT2D eigenvalue weighted by molar-refractivity contribution is 0.0977. The molecule has 5 nitrogen and oxygen atoms in total. The second-order valence-electron chi connectivity index (χ2n) is 6.39. The summed E-state index contributed by atoms with van der Waals surface area (Å²) in [5.74, 6) is 0.582. The third-order valence-corrected chi connectivity index (χ3v) is 3.47. The smallest absolute Gasteiger partial charge is 0.185 e. The Balaban J connectivity index is 2.36. The van der Waals surface area contributed by atoms with Crippen molar-refractivity contribution in [1.29, 1.82) is 0 Å². The van der Waals surface area contributed by atoms with Crippen LogP contribution in [0, 0.1) is 0 Å². The Kier molecular flexibility index (Phi) is 5.31. The van der Waals surface area contributed by atoms with E-state index < -0.39 is 0 Å². The predicted molar refractivity (Wildman–Crippen MR) is 92.5 cm³/mol. The van der Waals surface area contributed by atoms with Gasteiger partial charge in [0.05, 0.1) is 5.69 Å². The average Bonchev–Trinajstić information content (AvgIpc) is 2.47. The molecule has 0 bridgehead atoms. The van der Waals surface area contributed by atoms with Crippen molar-refractivity contribution >= 4 is 28.9 Å². The van der Waals surface area contributed by atoms with Crippen molar-refractivity contribution in [1.82, 2.24) is 15.2 Å². The highest BCUT2D eigenvalue weighted by molar-refractivity contribution is 6.29. The molecule has 0 aromatic carbocycles. The van der Waals surface area contributed by atoms with Gasteiger partial charge in [0.2, 0.25) is 0 Å². The average molecular weight is 333 g/mol. The summed E-state index contributed by atoms with van der Waals surface area (Å²) in [7, 11) is 0. The number of nitrogens with one attached hydrogen (secondary N) is 1. The highest BCUT2D eigenvalue weighted by atomic mass is 35.5. The van der Waals surface area contributed by atoms with Crippen molar-refractivity contribution in [3.8, 4) is 0 Å². The lowest BCUT2D eigenvalue weighted by Crippen LogP contribution is -2.14. The fraction of sp³-hybridized carbons (Fsp3) is 0.412. The SMILES string of the molecule is CCCC(=O)c1nnc(Cl)cc1Nc1cccc(C(C)(C)C)n1. The summed E-state index contributed by atoms with van der Waals surface area (Å²) in [6.45, 7) is 8.24. The van der Waals surface area contributed by atoms with Gasteiger partial charge < -0.3 is 5.32 Å². The number of pyridine rings is 1. The zero-order valence-corrected chi connectivity index (χ0v) is 14.6. The molecular formula is C17H21ClN4O. The molecule has 0 spiro atoms. The third-order valence-electron chi connectivity index (χ3n) is 3.29. The summed E-state index contributed by atoms with van der Waals surface area (Å²) in [5, 5.41) is 11.1. The first-order valence-electron chi connectivity index (χ1n) is 7.62. The molecule has 0 amide bonds. The number of anilines is 2. The van der Waals surface area contributed by atoms with E-state index in [1.807, 2.05) is 25.1 Å². The van der Waals surface area contributed by atoms with Crippen molar-refractivity contribution in [3.63, 3.8) is 0 Å². The molecule has 0 radical (unpaired) electrons. The summed E-state index contributed by atoms with van der Waals surface area (Å²) in [6.07, 6.45) is 1.17. The summed E-state index contributed by atoms with van der Waals surface area (Å²) < 4.78 is 0. The second-order valence-corrected chi connectivity index (χ2v) is 6.77. The lowest BCUT2D eigenvalue weighted by atomic mass is 9.92. The predicted octanol–water partition coefficient (Wildman–Crippen LogP) is 4.55. The first-order chi connectivity index (χ1) is 10.8. The van der Waals surface area contributed by atoms with Crippen LogP contribution in [0.25, 0.3) is 0 Å². The van der Waals surface area contributed by atoms with Crippen LogP contribution >= 0.6 is 11.6 Å². The number of ketones is 1. The number of halogens is 1. The van der Waals surface area contributed by atoms with Crippen LogP contribution in [-0.2, 0) is 5.41 Å². The molecule has 2 aromatic rings. The molecule has 0 fully saturated rings. The number of carbonyl (C=O) groups is 1. The number of hydrogen-bond acceptors (Lipinski definition) is 5. The Labute approximate surface area is 141 Å². The molecule has 2 rings (SSSR count). The topological polar surface area (TPSA) is 67.8 Å². The third kappa shape index (κ3) is 4.48. The maximum absolute atomic E-state index is 12.2. The molecule has 0 unspecified atom stereocenters. The quantitative estimate of drug-likeness (QED) is 0.813. The second kappa shape index (κ2) is 7.04. The van der Waals surface area contributed by atoms with E-state index >= 15 is 0 Å². The zero-order valence-electron chi connectivity index (χ0n) is 13.9. The van der Waals surface area contributed by atoms with Crippen molar-refractivity contribution in [2.75, 3.05) is 5.32 Å². The number of carbonyl (C=O) groups excluding carboxylic acids is 1. The van der Waals surface area contributed by atoms with Crippen molar-refractivity contribution in [2.24, 2.45) is 0 Å². The van der Waals surface area contributed by atoms with Gasteiger partial charge in [0.25, 0.3) is 0 Å². The van der Waals surface area contributed by atoms with Crippen LogP contribution in [0.2, 0.25) is 5.15 Å². The van der Waals surface area contributed by atoms with Crippen LogP contribution in [0.3, 0.4) is 0 Å². The lowest BCUT2D eigenvalue weighted by Gasteiger charge is -2.19. The summed E-state index contributed by atoms with van der Waals surface area (Å²) in [5.41, 5.74) is 1.71. The van der Waals surface area contributed by atoms with E-state index in [2.05, 4.69) is 41.3 Å². The van der Waals surface area contributed by atoms with E-state index in [1.165, 1.54) is 0 Å². The number of nitrogens with zero attached hydrogens (tertiary/aromatic N) is 3. The first-order valence-corrected chi connectivity index (χ1v) is 8.00. The number of aromatic nitrogens is 3. The first kappa shape index (κ1) is 17.3. The molecule has 0 atom stereocenters. The number of rotatable bonds is 5. The monoisotopic (exact) mass is 332 g/mol. The van der Waals surface area contributed by atoms with E-state index in [-0.39, 0.29) is 16.4 Å². The molecule has 122 valence electrons. The Hall–Kier alpha value is -2.01. The number of Topliss-reactive ketones (excluding diaryl/α,β-unsaturated/α-hetero) is 1. The molecule has 0 aliphatic rings. The van der Waals surface area contributed by atoms with Gasteiger partial charge in [-0.3, -0.25) is 4.79 Å². The summed E-state index contributed by atoms with van der Waals surface area (Å²) in [4.78, 5) is 16.8. The van der Waals surface area contributed by atoms with Gasteiger partial charge in [-0.15, -0.1) is 10.2 Å². The Morgan fingerprint density at radius 1 is 1.26 bits per heavy atom. The van der Waals surface area contributed by atoms with Gasteiger partial charge in [-0.1, -0.05) is 45.4 Å². The molecular weight excluding hydrogens is 312 g/mol. The van der Waals surface area contributed by atoms with Gasteiger partial charge in [-0.25, -0.2) is 4.98 Å². The summed E-state index contributed by atoms with van der Waals surface area (Å²) in [6, 6.07) is 7.35. The van der Waals surface area contributed by atoms with Crippen LogP contribution in [0.1, 0.15) is 56.7 Å². The van der Waals surface area contributed by atoms with Gasteiger partial charge in [-0.2, -0.15) is 0 Å². The van der Waals surface area contributed by atoms with E-state index in [0.717, 1.165) is 12.1 Å². The summed E-state index contributed by atoms with van der Waals surface area (Å²) >= 11 is 5.92. The standard InChI is InChI=1S/C17H21ClN4O/c1-5-7-12(23)16-11(10-14(18)21-22-16)19-15-9-6-8-13(20-15)17(2,3)4/h6,8-10H,5,7H2,1-4H3,(H,19,20,21). The Morgan fingerprint density at radius 2 is 2.00 bits per heavy atom. The minimum absolute atomic E-state index is 0.0628. The number of hydrogen-bond donors (Lipinski definition) is 1. The zero-order chi connectivity index (χ0) is 17.0. The highest BCUT2D eigenvalue weighted by Crippen LogP contribution is 2.25. The van der Waals surface area contributed by atoms with Crippen LogP contribution in [0.5, 0.6) is 0 Å². The van der Waals surface area contributed by atoms with Gasteiger partial charge in [-0.05, 0) is 18.6 Å². The minimum Gasteiger partial charge on any atom is -0.338 e.